The van der Waals surface area contributed by atoms with Gasteiger partial charge in [-0.05, 0) is 64.8 Å². The second-order valence-electron chi connectivity index (χ2n) is 7.31. The summed E-state index contributed by atoms with van der Waals surface area (Å²) in [6.07, 6.45) is -0.904. The average molecular weight is 415 g/mol. The van der Waals surface area contributed by atoms with Gasteiger partial charge in [-0.3, -0.25) is 4.79 Å². The number of carbonyl (C=O) groups excluding carboxylic acids is 3. The maximum Gasteiger partial charge on any atom is 0.340 e. The van der Waals surface area contributed by atoms with E-state index in [9.17, 15) is 14.4 Å². The fraction of sp³-hybridized carbons (Fsp3) is 0.435. The number of nitrogens with one attached hydrogen (secondary N) is 1. The number of rotatable bonds is 9. The van der Waals surface area contributed by atoms with Crippen LogP contribution in [0.4, 0.5) is 0 Å². The first kappa shape index (κ1) is 23.3. The minimum absolute atomic E-state index is 0.117. The third-order valence-electron chi connectivity index (χ3n) is 4.59. The topological polar surface area (TPSA) is 94.7 Å². The highest BCUT2D eigenvalue weighted by molar-refractivity contribution is 6.04. The van der Waals surface area contributed by atoms with Crippen molar-refractivity contribution in [3.05, 3.63) is 57.9 Å². The normalized spacial score (nSPS) is 12.0. The van der Waals surface area contributed by atoms with E-state index in [2.05, 4.69) is 4.98 Å². The molecule has 0 bridgehead atoms. The molecule has 2 aromatic rings. The molecule has 162 valence electrons. The molecule has 0 saturated carbocycles. The second-order valence-corrected chi connectivity index (χ2v) is 7.31. The van der Waals surface area contributed by atoms with Crippen LogP contribution in [-0.4, -0.2) is 41.5 Å². The Bertz CT molecular complexity index is 911. The lowest BCUT2D eigenvalue weighted by Gasteiger charge is -2.13. The number of benzene rings is 1. The molecule has 1 N–H and O–H groups in total. The molecule has 1 aromatic heterocycles. The van der Waals surface area contributed by atoms with Gasteiger partial charge in [-0.25, -0.2) is 9.59 Å². The summed E-state index contributed by atoms with van der Waals surface area (Å²) in [4.78, 5) is 40.3. The number of hydrogen-bond acceptors (Lipinski definition) is 6. The van der Waals surface area contributed by atoms with Gasteiger partial charge >= 0.3 is 11.9 Å². The molecule has 0 radical (unpaired) electrons. The number of ether oxygens (including phenoxy) is 3. The van der Waals surface area contributed by atoms with E-state index in [1.165, 1.54) is 6.92 Å². The molecule has 0 unspecified atom stereocenters. The fourth-order valence-electron chi connectivity index (χ4n) is 2.99. The second kappa shape index (κ2) is 10.2. The fourth-order valence-corrected chi connectivity index (χ4v) is 2.99. The SMILES string of the molecule is CCOC(=O)c1c(C)[nH]c(C(=O)[C@@H](C)OC(=O)c2ccc(COC(C)C)cc2)c1C. The van der Waals surface area contributed by atoms with Crippen molar-refractivity contribution in [2.24, 2.45) is 0 Å². The van der Waals surface area contributed by atoms with Crippen LogP contribution in [-0.2, 0) is 20.8 Å². The highest BCUT2D eigenvalue weighted by Crippen LogP contribution is 2.21. The predicted octanol–water partition coefficient (Wildman–Crippen LogP) is 4.16. The van der Waals surface area contributed by atoms with Crippen LogP contribution >= 0.6 is 0 Å². The van der Waals surface area contributed by atoms with Gasteiger partial charge in [-0.1, -0.05) is 12.1 Å². The van der Waals surface area contributed by atoms with Crippen LogP contribution in [0.1, 0.15) is 75.7 Å². The largest absolute Gasteiger partial charge is 0.462 e. The van der Waals surface area contributed by atoms with Gasteiger partial charge in [0, 0.05) is 5.69 Å². The molecule has 30 heavy (non-hydrogen) atoms. The smallest absolute Gasteiger partial charge is 0.340 e. The van der Waals surface area contributed by atoms with Crippen molar-refractivity contribution in [1.82, 2.24) is 4.98 Å². The molecule has 0 aliphatic heterocycles. The Kier molecular flexibility index (Phi) is 7.94. The number of aromatic amines is 1. The summed E-state index contributed by atoms with van der Waals surface area (Å²) in [5.41, 5.74) is 2.86. The lowest BCUT2D eigenvalue weighted by molar-refractivity contribution is 0.0316. The van der Waals surface area contributed by atoms with Crippen molar-refractivity contribution in [1.29, 1.82) is 0 Å². The monoisotopic (exact) mass is 415 g/mol. The van der Waals surface area contributed by atoms with E-state index in [1.54, 1.807) is 45.0 Å². The number of aromatic nitrogens is 1. The zero-order valence-electron chi connectivity index (χ0n) is 18.3. The Hall–Kier alpha value is -2.93. The summed E-state index contributed by atoms with van der Waals surface area (Å²) >= 11 is 0. The van der Waals surface area contributed by atoms with E-state index in [4.69, 9.17) is 14.2 Å². The first-order valence-corrected chi connectivity index (χ1v) is 9.97. The van der Waals surface area contributed by atoms with Gasteiger partial charge in [0.1, 0.15) is 0 Å². The van der Waals surface area contributed by atoms with Crippen LogP contribution in [0.3, 0.4) is 0 Å². The van der Waals surface area contributed by atoms with Gasteiger partial charge in [0.25, 0.3) is 0 Å². The summed E-state index contributed by atoms with van der Waals surface area (Å²) < 4.78 is 15.9. The summed E-state index contributed by atoms with van der Waals surface area (Å²) in [6, 6.07) is 6.86. The van der Waals surface area contributed by atoms with Crippen LogP contribution in [0, 0.1) is 13.8 Å². The molecule has 0 amide bonds. The summed E-state index contributed by atoms with van der Waals surface area (Å²) in [7, 11) is 0. The number of carbonyl (C=O) groups is 3. The van der Waals surface area contributed by atoms with Crippen molar-refractivity contribution in [2.45, 2.75) is 60.4 Å². The zero-order chi connectivity index (χ0) is 22.4. The van der Waals surface area contributed by atoms with Gasteiger partial charge in [0.15, 0.2) is 6.10 Å². The quantitative estimate of drug-likeness (QED) is 0.488. The van der Waals surface area contributed by atoms with Crippen molar-refractivity contribution in [3.63, 3.8) is 0 Å². The number of hydrogen-bond donors (Lipinski definition) is 1. The number of aryl methyl sites for hydroxylation is 1. The molecule has 7 nitrogen and oxygen atoms in total. The van der Waals surface area contributed by atoms with Gasteiger partial charge in [0.2, 0.25) is 5.78 Å². The van der Waals surface area contributed by atoms with Crippen LogP contribution in [0.25, 0.3) is 0 Å². The zero-order valence-corrected chi connectivity index (χ0v) is 18.3. The average Bonchev–Trinajstić information content (AvgIpc) is 3.00. The van der Waals surface area contributed by atoms with Gasteiger partial charge in [-0.2, -0.15) is 0 Å². The van der Waals surface area contributed by atoms with E-state index >= 15 is 0 Å². The standard InChI is InChI=1S/C23H29NO6/c1-7-28-23(27)19-14(4)20(24-15(19)5)21(25)16(6)30-22(26)18-10-8-17(9-11-18)12-29-13(2)3/h8-11,13,16,24H,7,12H2,1-6H3/t16-/m1/s1. The molecule has 0 saturated heterocycles. The predicted molar refractivity (Wildman–Crippen MR) is 112 cm³/mol. The molecular formula is C23H29NO6. The Balaban J connectivity index is 2.08. The lowest BCUT2D eigenvalue weighted by atomic mass is 10.1. The molecule has 0 spiro atoms. The third-order valence-corrected chi connectivity index (χ3v) is 4.59. The minimum atomic E-state index is -1.02. The summed E-state index contributed by atoms with van der Waals surface area (Å²) in [5, 5.41) is 0. The minimum Gasteiger partial charge on any atom is -0.462 e. The number of Topliss-reactive ketones (excluding diaryl/α,β-unsaturated/α-hetero) is 1. The van der Waals surface area contributed by atoms with Crippen LogP contribution in [0.2, 0.25) is 0 Å². The van der Waals surface area contributed by atoms with E-state index < -0.39 is 23.8 Å². The van der Waals surface area contributed by atoms with E-state index in [0.717, 1.165) is 5.56 Å². The maximum atomic E-state index is 12.8. The summed E-state index contributed by atoms with van der Waals surface area (Å²) in [5.74, 6) is -1.51. The number of esters is 2. The first-order valence-electron chi connectivity index (χ1n) is 9.97. The molecule has 1 atom stereocenters. The van der Waals surface area contributed by atoms with Gasteiger partial charge in [0.05, 0.1) is 36.1 Å². The molecule has 1 heterocycles. The lowest BCUT2D eigenvalue weighted by Crippen LogP contribution is -2.25. The molecule has 1 aromatic carbocycles. The van der Waals surface area contributed by atoms with Crippen molar-refractivity contribution >= 4 is 17.7 Å². The first-order chi connectivity index (χ1) is 14.1. The van der Waals surface area contributed by atoms with Crippen LogP contribution in [0.15, 0.2) is 24.3 Å². The molecule has 7 heteroatoms. The van der Waals surface area contributed by atoms with E-state index in [0.29, 0.717) is 29.0 Å². The highest BCUT2D eigenvalue weighted by atomic mass is 16.5. The Morgan fingerprint density at radius 1 is 1.00 bits per heavy atom. The van der Waals surface area contributed by atoms with Crippen LogP contribution in [0.5, 0.6) is 0 Å². The third kappa shape index (κ3) is 5.57. The molecule has 0 aliphatic rings. The molecule has 2 rings (SSSR count). The van der Waals surface area contributed by atoms with Crippen molar-refractivity contribution in [3.8, 4) is 0 Å². The Morgan fingerprint density at radius 2 is 1.63 bits per heavy atom. The van der Waals surface area contributed by atoms with Crippen LogP contribution < -0.4 is 0 Å². The summed E-state index contributed by atoms with van der Waals surface area (Å²) in [6.45, 7) is 11.2. The Labute approximate surface area is 176 Å². The highest BCUT2D eigenvalue weighted by Gasteiger charge is 2.27. The van der Waals surface area contributed by atoms with Gasteiger partial charge < -0.3 is 19.2 Å². The number of H-pyrrole nitrogens is 1. The van der Waals surface area contributed by atoms with E-state index in [1.807, 2.05) is 13.8 Å². The molecule has 0 aliphatic carbocycles. The van der Waals surface area contributed by atoms with Gasteiger partial charge in [-0.15, -0.1) is 0 Å². The van der Waals surface area contributed by atoms with Crippen molar-refractivity contribution in [2.75, 3.05) is 6.61 Å². The molecular weight excluding hydrogens is 386 g/mol. The van der Waals surface area contributed by atoms with E-state index in [-0.39, 0.29) is 18.4 Å². The number of ketones is 1. The maximum absolute atomic E-state index is 12.8. The Morgan fingerprint density at radius 3 is 2.20 bits per heavy atom. The van der Waals surface area contributed by atoms with Crippen molar-refractivity contribution < 1.29 is 28.6 Å². The molecule has 0 fully saturated rings.